The van der Waals surface area contributed by atoms with Crippen molar-refractivity contribution in [3.63, 3.8) is 0 Å². The lowest BCUT2D eigenvalue weighted by atomic mass is 10.2. The molecule has 0 aliphatic rings. The van der Waals surface area contributed by atoms with Crippen LogP contribution in [0.15, 0.2) is 17.0 Å². The number of thioether (sulfide) groups is 1. The van der Waals surface area contributed by atoms with Crippen LogP contribution >= 0.6 is 11.8 Å². The van der Waals surface area contributed by atoms with Gasteiger partial charge in [-0.2, -0.15) is 11.8 Å². The maximum atomic E-state index is 11.6. The Morgan fingerprint density at radius 2 is 2.24 bits per heavy atom. The Hall–Kier alpha value is -1.70. The summed E-state index contributed by atoms with van der Waals surface area (Å²) in [7, 11) is 0. The molecule has 0 spiro atoms. The fraction of sp³-hybridized carbons (Fsp3) is 0.615. The van der Waals surface area contributed by atoms with E-state index in [1.54, 1.807) is 45.0 Å². The number of hydrogen-bond acceptors (Lipinski definition) is 6. The maximum absolute atomic E-state index is 11.6. The highest BCUT2D eigenvalue weighted by molar-refractivity contribution is 7.98. The van der Waals surface area contributed by atoms with Crippen LogP contribution in [0.3, 0.4) is 0 Å². The van der Waals surface area contributed by atoms with Crippen molar-refractivity contribution in [1.29, 1.82) is 0 Å². The highest BCUT2D eigenvalue weighted by Crippen LogP contribution is 2.14. The number of alkyl carbamates (subject to hydrolysis) is 1. The molecule has 7 nitrogen and oxygen atoms in total. The van der Waals surface area contributed by atoms with Crippen LogP contribution in [0, 0.1) is 0 Å². The van der Waals surface area contributed by atoms with E-state index in [-0.39, 0.29) is 0 Å². The summed E-state index contributed by atoms with van der Waals surface area (Å²) in [6, 6.07) is -0.963. The van der Waals surface area contributed by atoms with Gasteiger partial charge in [0.05, 0.1) is 6.20 Å². The van der Waals surface area contributed by atoms with E-state index in [0.29, 0.717) is 17.9 Å². The molecule has 0 bridgehead atoms. The highest BCUT2D eigenvalue weighted by Gasteiger charge is 2.23. The van der Waals surface area contributed by atoms with Crippen LogP contribution in [0.1, 0.15) is 32.8 Å². The van der Waals surface area contributed by atoms with Gasteiger partial charge in [-0.3, -0.25) is 0 Å². The molecular formula is C13H20N2O5S. The van der Waals surface area contributed by atoms with Crippen molar-refractivity contribution in [2.75, 3.05) is 5.75 Å². The van der Waals surface area contributed by atoms with Gasteiger partial charge in [0.1, 0.15) is 17.9 Å². The third-order valence-corrected chi connectivity index (χ3v) is 3.35. The Labute approximate surface area is 127 Å². The van der Waals surface area contributed by atoms with Crippen molar-refractivity contribution in [1.82, 2.24) is 10.5 Å². The number of hydrogen-bond donors (Lipinski definition) is 2. The van der Waals surface area contributed by atoms with Crippen LogP contribution in [0.25, 0.3) is 0 Å². The first-order valence-electron chi connectivity index (χ1n) is 6.46. The van der Waals surface area contributed by atoms with Crippen LogP contribution in [-0.4, -0.2) is 39.7 Å². The molecule has 1 rings (SSSR count). The normalized spacial score (nSPS) is 12.7. The van der Waals surface area contributed by atoms with E-state index in [9.17, 15) is 9.59 Å². The lowest BCUT2D eigenvalue weighted by molar-refractivity contribution is -0.139. The van der Waals surface area contributed by atoms with Gasteiger partial charge in [0.2, 0.25) is 0 Å². The van der Waals surface area contributed by atoms with Gasteiger partial charge in [0.25, 0.3) is 0 Å². The number of carbonyl (C=O) groups is 2. The van der Waals surface area contributed by atoms with Crippen molar-refractivity contribution >= 4 is 23.8 Å². The molecular weight excluding hydrogens is 296 g/mol. The number of rotatable bonds is 7. The molecule has 0 saturated carbocycles. The van der Waals surface area contributed by atoms with Crippen LogP contribution in [0.2, 0.25) is 0 Å². The van der Waals surface area contributed by atoms with Crippen molar-refractivity contribution in [3.8, 4) is 0 Å². The van der Waals surface area contributed by atoms with E-state index in [1.807, 2.05) is 0 Å². The average Bonchev–Trinajstić information content (AvgIpc) is 2.83. The number of aliphatic carboxylic acids is 1. The van der Waals surface area contributed by atoms with Gasteiger partial charge in [-0.15, -0.1) is 0 Å². The smallest absolute Gasteiger partial charge is 0.408 e. The SMILES string of the molecule is CC(C)(C)OC(=O)NC(CCSCc1cnoc1)C(=O)O. The molecule has 1 unspecified atom stereocenters. The minimum absolute atomic E-state index is 0.310. The zero-order valence-corrected chi connectivity index (χ0v) is 13.1. The predicted molar refractivity (Wildman–Crippen MR) is 78.1 cm³/mol. The molecule has 1 amide bonds. The summed E-state index contributed by atoms with van der Waals surface area (Å²) >= 11 is 1.54. The first kappa shape index (κ1) is 17.4. The molecule has 0 aliphatic carbocycles. The lowest BCUT2D eigenvalue weighted by Gasteiger charge is -2.21. The Bertz CT molecular complexity index is 456. The number of carboxylic acid groups (broad SMARTS) is 1. The number of nitrogens with zero attached hydrogens (tertiary/aromatic N) is 1. The molecule has 21 heavy (non-hydrogen) atoms. The van der Waals surface area contributed by atoms with Crippen molar-refractivity contribution in [3.05, 3.63) is 18.0 Å². The van der Waals surface area contributed by atoms with Gasteiger partial charge < -0.3 is 19.7 Å². The van der Waals surface area contributed by atoms with Crippen LogP contribution < -0.4 is 5.32 Å². The van der Waals surface area contributed by atoms with Gasteiger partial charge in [0, 0.05) is 11.3 Å². The minimum Gasteiger partial charge on any atom is -0.480 e. The first-order chi connectivity index (χ1) is 9.78. The van der Waals surface area contributed by atoms with Crippen LogP contribution in [0.4, 0.5) is 4.79 Å². The molecule has 1 atom stereocenters. The minimum atomic E-state index is -1.08. The van der Waals surface area contributed by atoms with Gasteiger partial charge in [-0.1, -0.05) is 5.16 Å². The Kier molecular flexibility index (Phi) is 6.54. The summed E-state index contributed by atoms with van der Waals surface area (Å²) in [6.45, 7) is 5.16. The lowest BCUT2D eigenvalue weighted by Crippen LogP contribution is -2.43. The van der Waals surface area contributed by atoms with Gasteiger partial charge >= 0.3 is 12.1 Å². The molecule has 1 aromatic heterocycles. The van der Waals surface area contributed by atoms with Gasteiger partial charge in [0.15, 0.2) is 0 Å². The molecule has 0 aliphatic heterocycles. The third-order valence-electron chi connectivity index (χ3n) is 2.29. The van der Waals surface area contributed by atoms with Crippen LogP contribution in [0.5, 0.6) is 0 Å². The third kappa shape index (κ3) is 7.60. The summed E-state index contributed by atoms with van der Waals surface area (Å²) in [5, 5.41) is 15.0. The number of carbonyl (C=O) groups excluding carboxylic acids is 1. The molecule has 0 fully saturated rings. The summed E-state index contributed by atoms with van der Waals surface area (Å²) in [4.78, 5) is 22.7. The molecule has 1 aromatic rings. The zero-order valence-electron chi connectivity index (χ0n) is 12.3. The highest BCUT2D eigenvalue weighted by atomic mass is 32.2. The van der Waals surface area contributed by atoms with E-state index in [0.717, 1.165) is 5.56 Å². The average molecular weight is 316 g/mol. The van der Waals surface area contributed by atoms with E-state index < -0.39 is 23.7 Å². The van der Waals surface area contributed by atoms with E-state index in [4.69, 9.17) is 14.4 Å². The summed E-state index contributed by atoms with van der Waals surface area (Å²) in [6.07, 6.45) is 2.74. The Morgan fingerprint density at radius 1 is 1.52 bits per heavy atom. The number of aromatic nitrogens is 1. The van der Waals surface area contributed by atoms with Crippen molar-refractivity contribution < 1.29 is 24.0 Å². The molecule has 118 valence electrons. The van der Waals surface area contributed by atoms with Gasteiger partial charge in [-0.05, 0) is 32.9 Å². The number of amides is 1. The summed E-state index contributed by atoms with van der Waals surface area (Å²) in [5.41, 5.74) is 0.280. The fourth-order valence-corrected chi connectivity index (χ4v) is 2.32. The molecule has 8 heteroatoms. The molecule has 0 radical (unpaired) electrons. The summed E-state index contributed by atoms with van der Waals surface area (Å²) < 4.78 is 9.74. The van der Waals surface area contributed by atoms with Crippen LogP contribution in [-0.2, 0) is 15.3 Å². The maximum Gasteiger partial charge on any atom is 0.408 e. The summed E-state index contributed by atoms with van der Waals surface area (Å²) in [5.74, 6) is 0.187. The second kappa shape index (κ2) is 7.92. The standard InChI is InChI=1S/C13H20N2O5S/c1-13(2,3)20-12(18)15-10(11(16)17)4-5-21-8-9-6-14-19-7-9/h6-7,10H,4-5,8H2,1-3H3,(H,15,18)(H,16,17). The van der Waals surface area contributed by atoms with Gasteiger partial charge in [-0.25, -0.2) is 9.59 Å². The molecule has 1 heterocycles. The Balaban J connectivity index is 2.32. The predicted octanol–water partition coefficient (Wildman–Crippen LogP) is 2.28. The van der Waals surface area contributed by atoms with E-state index in [1.165, 1.54) is 0 Å². The van der Waals surface area contributed by atoms with Crippen molar-refractivity contribution in [2.24, 2.45) is 0 Å². The molecule has 2 N–H and O–H groups in total. The zero-order chi connectivity index (χ0) is 15.9. The first-order valence-corrected chi connectivity index (χ1v) is 7.62. The number of carboxylic acids is 1. The van der Waals surface area contributed by atoms with E-state index >= 15 is 0 Å². The Morgan fingerprint density at radius 3 is 2.76 bits per heavy atom. The molecule has 0 saturated heterocycles. The van der Waals surface area contributed by atoms with Crippen molar-refractivity contribution in [2.45, 2.75) is 44.6 Å². The molecule has 0 aromatic carbocycles. The second-order valence-corrected chi connectivity index (χ2v) is 6.52. The monoisotopic (exact) mass is 316 g/mol. The fourth-order valence-electron chi connectivity index (χ4n) is 1.40. The number of nitrogens with one attached hydrogen (secondary N) is 1. The quantitative estimate of drug-likeness (QED) is 0.744. The second-order valence-electron chi connectivity index (χ2n) is 5.41. The topological polar surface area (TPSA) is 102 Å². The van der Waals surface area contributed by atoms with E-state index in [2.05, 4.69) is 10.5 Å². The largest absolute Gasteiger partial charge is 0.480 e. The number of ether oxygens (including phenoxy) is 1.